The monoisotopic (exact) mass is 842 g/mol. The van der Waals surface area contributed by atoms with Crippen LogP contribution in [0.4, 0.5) is 0 Å². The summed E-state index contributed by atoms with van der Waals surface area (Å²) in [5.41, 5.74) is 30.9. The number of aryl methyl sites for hydroxylation is 4. The van der Waals surface area contributed by atoms with Gasteiger partial charge in [0, 0.05) is 10.8 Å². The first-order valence-electron chi connectivity index (χ1n) is 25.7. The van der Waals surface area contributed by atoms with E-state index in [1.165, 1.54) is 141 Å². The van der Waals surface area contributed by atoms with Gasteiger partial charge in [0.15, 0.2) is 0 Å². The minimum Gasteiger partial charge on any atom is -0.0616 e. The fourth-order valence-corrected chi connectivity index (χ4v) is 14.3. The van der Waals surface area contributed by atoms with Gasteiger partial charge in [-0.3, -0.25) is 0 Å². The predicted molar refractivity (Wildman–Crippen MR) is 275 cm³/mol. The van der Waals surface area contributed by atoms with Gasteiger partial charge in [-0.15, -0.1) is 0 Å². The van der Waals surface area contributed by atoms with E-state index in [0.717, 1.165) is 25.7 Å². The van der Waals surface area contributed by atoms with E-state index < -0.39 is 0 Å². The molecule has 0 aliphatic heterocycles. The molecule has 0 aromatic heterocycles. The van der Waals surface area contributed by atoms with E-state index >= 15 is 0 Å². The third-order valence-corrected chi connectivity index (χ3v) is 17.5. The van der Waals surface area contributed by atoms with Crippen molar-refractivity contribution in [3.8, 4) is 0 Å². The molecule has 6 aromatic carbocycles. The van der Waals surface area contributed by atoms with Crippen LogP contribution in [0.15, 0.2) is 121 Å². The molecule has 6 bridgehead atoms. The van der Waals surface area contributed by atoms with Crippen molar-refractivity contribution in [3.63, 3.8) is 0 Å². The standard InChI is InChI=1S/C65H62/c1-3-7-19-44-23-15-27-48-37-60-53-31-11-12-32-54(53)61-38-49-28-16-24-45(57(49)41-64(60,61)36-35-52(44)48)20-8-5-2-6-10-22-47-26-18-30-51-40-63-56-34-14-13-33-55(56)62-39-50-29-17-25-46(21-9-4-1)58(50)42-65(62,63)43-59(47)51/h11-18,23-34,37-40H,1-10,19-22,35-36,41-43H2. The predicted octanol–water partition coefficient (Wildman–Crippen LogP) is 16.2. The number of hydrogen-bond acceptors (Lipinski definition) is 0. The van der Waals surface area contributed by atoms with Crippen LogP contribution in [0.3, 0.4) is 0 Å². The van der Waals surface area contributed by atoms with Crippen LogP contribution in [0, 0.1) is 10.8 Å². The molecule has 0 radical (unpaired) electrons. The van der Waals surface area contributed by atoms with Crippen LogP contribution in [0.1, 0.15) is 160 Å². The van der Waals surface area contributed by atoms with Gasteiger partial charge in [0.1, 0.15) is 0 Å². The maximum Gasteiger partial charge on any atom is 0.0296 e. The fourth-order valence-electron chi connectivity index (χ4n) is 14.3. The third kappa shape index (κ3) is 6.44. The summed E-state index contributed by atoms with van der Waals surface area (Å²) in [6, 6.07) is 47.5. The summed E-state index contributed by atoms with van der Waals surface area (Å²) in [6.07, 6.45) is 33.9. The quantitative estimate of drug-likeness (QED) is 0.143. The van der Waals surface area contributed by atoms with Gasteiger partial charge in [-0.2, -0.15) is 0 Å². The first-order chi connectivity index (χ1) is 32.2. The second kappa shape index (κ2) is 16.0. The summed E-state index contributed by atoms with van der Waals surface area (Å²) in [5.74, 6) is 0. The second-order valence-electron chi connectivity index (χ2n) is 21.0. The number of benzene rings is 6. The van der Waals surface area contributed by atoms with Crippen LogP contribution in [-0.2, 0) is 51.4 Å². The number of hydrogen-bond donors (Lipinski definition) is 0. The molecule has 2 unspecified atom stereocenters. The Morgan fingerprint density at radius 3 is 0.954 bits per heavy atom. The molecule has 0 heterocycles. The lowest BCUT2D eigenvalue weighted by atomic mass is 9.61. The van der Waals surface area contributed by atoms with E-state index in [9.17, 15) is 0 Å². The van der Waals surface area contributed by atoms with Gasteiger partial charge in [-0.05, 0) is 219 Å². The molecule has 0 heteroatoms. The van der Waals surface area contributed by atoms with Gasteiger partial charge in [0.2, 0.25) is 0 Å². The van der Waals surface area contributed by atoms with E-state index in [2.05, 4.69) is 146 Å². The molecular formula is C65H62. The largest absolute Gasteiger partial charge is 0.0616 e. The summed E-state index contributed by atoms with van der Waals surface area (Å²) in [7, 11) is 0. The molecule has 13 rings (SSSR count). The fraction of sp³-hybridized carbons (Fsp3) is 0.323. The van der Waals surface area contributed by atoms with Crippen molar-refractivity contribution >= 4 is 46.6 Å². The van der Waals surface area contributed by atoms with Crippen molar-refractivity contribution in [2.45, 2.75) is 122 Å². The summed E-state index contributed by atoms with van der Waals surface area (Å²) in [6.45, 7) is 0. The van der Waals surface area contributed by atoms with Gasteiger partial charge in [-0.1, -0.05) is 160 Å². The van der Waals surface area contributed by atoms with E-state index in [1.807, 2.05) is 0 Å². The molecule has 0 amide bonds. The van der Waals surface area contributed by atoms with Crippen LogP contribution in [0.2, 0.25) is 0 Å². The van der Waals surface area contributed by atoms with Crippen LogP contribution in [0.5, 0.6) is 0 Å². The molecule has 0 nitrogen and oxygen atoms in total. The molecule has 65 heavy (non-hydrogen) atoms. The minimum absolute atomic E-state index is 0.0146. The highest BCUT2D eigenvalue weighted by Crippen LogP contribution is 2.64. The number of fused-ring (bicyclic) bond motifs is 7. The molecule has 0 fully saturated rings. The number of allylic oxidation sites excluding steroid dienone is 4. The molecule has 2 spiro atoms. The zero-order valence-electron chi connectivity index (χ0n) is 38.3. The molecule has 0 saturated carbocycles. The second-order valence-corrected chi connectivity index (χ2v) is 21.0. The maximum atomic E-state index is 2.64. The zero-order valence-corrected chi connectivity index (χ0v) is 38.3. The Labute approximate surface area is 388 Å². The lowest BCUT2D eigenvalue weighted by Gasteiger charge is -2.41. The van der Waals surface area contributed by atoms with Gasteiger partial charge in [0.05, 0.1) is 0 Å². The van der Waals surface area contributed by atoms with E-state index in [-0.39, 0.29) is 10.8 Å². The van der Waals surface area contributed by atoms with E-state index in [4.69, 9.17) is 0 Å². The van der Waals surface area contributed by atoms with Gasteiger partial charge < -0.3 is 0 Å². The van der Waals surface area contributed by atoms with Crippen molar-refractivity contribution in [2.75, 3.05) is 0 Å². The molecule has 0 N–H and O–H groups in total. The van der Waals surface area contributed by atoms with Crippen molar-refractivity contribution in [3.05, 3.63) is 210 Å². The van der Waals surface area contributed by atoms with Crippen LogP contribution in [0.25, 0.3) is 46.6 Å². The number of rotatable bonds is 0. The average molecular weight is 843 g/mol. The Morgan fingerprint density at radius 2 is 0.569 bits per heavy atom. The van der Waals surface area contributed by atoms with Gasteiger partial charge >= 0.3 is 0 Å². The lowest BCUT2D eigenvalue weighted by Crippen LogP contribution is -2.31. The van der Waals surface area contributed by atoms with E-state index in [0.29, 0.717) is 0 Å². The molecular weight excluding hydrogens is 781 g/mol. The Morgan fingerprint density at radius 1 is 0.262 bits per heavy atom. The van der Waals surface area contributed by atoms with E-state index in [1.54, 1.807) is 66.8 Å². The van der Waals surface area contributed by atoms with Crippen LogP contribution in [-0.4, -0.2) is 0 Å². The minimum atomic E-state index is 0.0146. The molecule has 2 atom stereocenters. The van der Waals surface area contributed by atoms with Gasteiger partial charge in [0.25, 0.3) is 0 Å². The summed E-state index contributed by atoms with van der Waals surface area (Å²) >= 11 is 0. The van der Waals surface area contributed by atoms with Crippen molar-refractivity contribution in [1.82, 2.24) is 0 Å². The molecule has 7 aliphatic carbocycles. The average Bonchev–Trinajstić information content (AvgIpc) is 3.68. The maximum absolute atomic E-state index is 2.64. The summed E-state index contributed by atoms with van der Waals surface area (Å²) < 4.78 is 0. The van der Waals surface area contributed by atoms with Crippen molar-refractivity contribution in [2.24, 2.45) is 10.8 Å². The normalized spacial score (nSPS) is 23.0. The first kappa shape index (κ1) is 39.6. The Hall–Kier alpha value is -5.72. The highest BCUT2D eigenvalue weighted by atomic mass is 14.5. The zero-order chi connectivity index (χ0) is 43.0. The smallest absolute Gasteiger partial charge is 0.0296 e. The van der Waals surface area contributed by atoms with Crippen molar-refractivity contribution < 1.29 is 0 Å². The summed E-state index contributed by atoms with van der Waals surface area (Å²) in [4.78, 5) is 0. The summed E-state index contributed by atoms with van der Waals surface area (Å²) in [5, 5.41) is 0. The lowest BCUT2D eigenvalue weighted by molar-refractivity contribution is 0.488. The van der Waals surface area contributed by atoms with Crippen LogP contribution < -0.4 is 0 Å². The topological polar surface area (TPSA) is 0 Å². The van der Waals surface area contributed by atoms with Gasteiger partial charge in [-0.25, -0.2) is 0 Å². The molecule has 6 aromatic rings. The SMILES string of the molecule is C1=C2c3ccccc3C3=Cc4cccc5c4CC23CCc2c1cccc2CCCCCCCc1cccc2c1CC13Cc4c(cccc4CCCCCCC5)C=C1c1ccccc1C3=C2. The Kier molecular flexibility index (Phi) is 9.76. The first-order valence-corrected chi connectivity index (χ1v) is 25.7. The molecule has 322 valence electrons. The highest BCUT2D eigenvalue weighted by molar-refractivity contribution is 6.11. The van der Waals surface area contributed by atoms with Crippen LogP contribution >= 0.6 is 0 Å². The van der Waals surface area contributed by atoms with Crippen molar-refractivity contribution in [1.29, 1.82) is 0 Å². The molecule has 0 saturated heterocycles. The highest BCUT2D eigenvalue weighted by Gasteiger charge is 2.51. The Bertz CT molecular complexity index is 2990. The molecule has 7 aliphatic rings. The Balaban J connectivity index is 0.818. The third-order valence-electron chi connectivity index (χ3n) is 17.5.